The number of rotatable bonds is 7. The van der Waals surface area contributed by atoms with Gasteiger partial charge in [0.1, 0.15) is 4.83 Å². The van der Waals surface area contributed by atoms with Crippen LogP contribution in [0.25, 0.3) is 20.7 Å². The van der Waals surface area contributed by atoms with Crippen LogP contribution in [0, 0.1) is 0 Å². The highest BCUT2D eigenvalue weighted by molar-refractivity contribution is 7.99. The van der Waals surface area contributed by atoms with E-state index in [-0.39, 0.29) is 17.2 Å². The van der Waals surface area contributed by atoms with Gasteiger partial charge in [0, 0.05) is 23.0 Å². The standard InChI is InChI=1S/C20H16N4O2S3/c1-2-9-24-18(26)14-11-15(13-6-4-3-5-7-13)29-17(14)23-20(24)28-12-16(25)22-19-21-8-10-27-19/h2-8,10-11H,1,9,12H2,(H,21,22,25). The van der Waals surface area contributed by atoms with Crippen LogP contribution in [0.5, 0.6) is 0 Å². The van der Waals surface area contributed by atoms with Crippen LogP contribution in [-0.4, -0.2) is 26.2 Å². The quantitative estimate of drug-likeness (QED) is 0.260. The first-order valence-electron chi connectivity index (χ1n) is 8.68. The molecule has 0 unspecified atom stereocenters. The van der Waals surface area contributed by atoms with E-state index in [0.29, 0.717) is 27.0 Å². The van der Waals surface area contributed by atoms with Gasteiger partial charge in [-0.05, 0) is 11.6 Å². The predicted molar refractivity (Wildman–Crippen MR) is 121 cm³/mol. The summed E-state index contributed by atoms with van der Waals surface area (Å²) in [6.45, 7) is 4.06. The van der Waals surface area contributed by atoms with E-state index in [4.69, 9.17) is 0 Å². The van der Waals surface area contributed by atoms with Crippen molar-refractivity contribution in [1.29, 1.82) is 0 Å². The fraction of sp³-hybridized carbons (Fsp3) is 0.100. The molecule has 0 aliphatic rings. The first-order chi connectivity index (χ1) is 14.2. The molecule has 29 heavy (non-hydrogen) atoms. The number of nitrogens with one attached hydrogen (secondary N) is 1. The highest BCUT2D eigenvalue weighted by atomic mass is 32.2. The van der Waals surface area contributed by atoms with E-state index in [9.17, 15) is 9.59 Å². The van der Waals surface area contributed by atoms with Crippen molar-refractivity contribution in [3.63, 3.8) is 0 Å². The first-order valence-corrected chi connectivity index (χ1v) is 11.4. The number of thiazole rings is 1. The molecule has 3 heterocycles. The second kappa shape index (κ2) is 8.73. The molecular weight excluding hydrogens is 424 g/mol. The summed E-state index contributed by atoms with van der Waals surface area (Å²) in [5.74, 6) is -0.0633. The van der Waals surface area contributed by atoms with Gasteiger partial charge in [-0.25, -0.2) is 9.97 Å². The number of hydrogen-bond acceptors (Lipinski definition) is 7. The smallest absolute Gasteiger partial charge is 0.263 e. The molecular formula is C20H16N4O2S3. The Morgan fingerprint density at radius 3 is 2.86 bits per heavy atom. The Balaban J connectivity index is 1.65. The molecule has 146 valence electrons. The van der Waals surface area contributed by atoms with Gasteiger partial charge in [-0.1, -0.05) is 48.2 Å². The van der Waals surface area contributed by atoms with Crippen molar-refractivity contribution in [3.05, 3.63) is 71.0 Å². The topological polar surface area (TPSA) is 76.9 Å². The zero-order valence-corrected chi connectivity index (χ0v) is 17.6. The molecule has 4 aromatic rings. The molecule has 3 aromatic heterocycles. The van der Waals surface area contributed by atoms with E-state index < -0.39 is 0 Å². The average Bonchev–Trinajstić information content (AvgIpc) is 3.39. The maximum absolute atomic E-state index is 13.0. The number of allylic oxidation sites excluding steroid dienone is 1. The van der Waals surface area contributed by atoms with Crippen molar-refractivity contribution >= 4 is 55.7 Å². The molecule has 1 aromatic carbocycles. The zero-order chi connectivity index (χ0) is 20.2. The number of carbonyl (C=O) groups excluding carboxylic acids is 1. The minimum absolute atomic E-state index is 0.129. The van der Waals surface area contributed by atoms with Gasteiger partial charge < -0.3 is 5.32 Å². The normalized spacial score (nSPS) is 10.9. The minimum Gasteiger partial charge on any atom is -0.301 e. The Hall–Kier alpha value is -2.75. The van der Waals surface area contributed by atoms with Crippen LogP contribution < -0.4 is 10.9 Å². The lowest BCUT2D eigenvalue weighted by atomic mass is 10.2. The van der Waals surface area contributed by atoms with Crippen LogP contribution in [0.1, 0.15) is 0 Å². The second-order valence-electron chi connectivity index (χ2n) is 5.97. The van der Waals surface area contributed by atoms with E-state index in [1.807, 2.05) is 36.4 Å². The van der Waals surface area contributed by atoms with Gasteiger partial charge in [-0.15, -0.1) is 29.3 Å². The van der Waals surface area contributed by atoms with Crippen LogP contribution in [0.3, 0.4) is 0 Å². The molecule has 1 amide bonds. The van der Waals surface area contributed by atoms with Crippen molar-refractivity contribution in [3.8, 4) is 10.4 Å². The summed E-state index contributed by atoms with van der Waals surface area (Å²) in [6.07, 6.45) is 3.28. The van der Waals surface area contributed by atoms with Crippen LogP contribution in [0.15, 0.2) is 70.6 Å². The molecule has 0 fully saturated rings. The molecule has 9 heteroatoms. The maximum Gasteiger partial charge on any atom is 0.263 e. The highest BCUT2D eigenvalue weighted by Crippen LogP contribution is 2.32. The molecule has 0 radical (unpaired) electrons. The summed E-state index contributed by atoms with van der Waals surface area (Å²) < 4.78 is 1.55. The lowest BCUT2D eigenvalue weighted by Gasteiger charge is -2.09. The number of anilines is 1. The summed E-state index contributed by atoms with van der Waals surface area (Å²) >= 11 is 4.05. The Kier molecular flexibility index (Phi) is 5.89. The third-order valence-corrected chi connectivity index (χ3v) is 6.74. The Labute approximate surface area is 179 Å². The molecule has 6 nitrogen and oxygen atoms in total. The third-order valence-electron chi connectivity index (χ3n) is 4.00. The molecule has 0 aliphatic heterocycles. The molecule has 1 N–H and O–H groups in total. The number of amides is 1. The number of carbonyl (C=O) groups is 1. The van der Waals surface area contributed by atoms with Gasteiger partial charge in [0.15, 0.2) is 10.3 Å². The first kappa shape index (κ1) is 19.6. The van der Waals surface area contributed by atoms with Gasteiger partial charge in [0.2, 0.25) is 5.91 Å². The van der Waals surface area contributed by atoms with Crippen molar-refractivity contribution in [2.45, 2.75) is 11.7 Å². The number of thioether (sulfide) groups is 1. The molecule has 0 saturated carbocycles. The van der Waals surface area contributed by atoms with E-state index >= 15 is 0 Å². The highest BCUT2D eigenvalue weighted by Gasteiger charge is 2.16. The van der Waals surface area contributed by atoms with E-state index in [1.54, 1.807) is 22.2 Å². The lowest BCUT2D eigenvalue weighted by molar-refractivity contribution is -0.113. The Bertz CT molecular complexity index is 1210. The number of aromatic nitrogens is 3. The van der Waals surface area contributed by atoms with Gasteiger partial charge >= 0.3 is 0 Å². The van der Waals surface area contributed by atoms with Gasteiger partial charge in [-0.2, -0.15) is 0 Å². The zero-order valence-electron chi connectivity index (χ0n) is 15.2. The van der Waals surface area contributed by atoms with Crippen LogP contribution in [-0.2, 0) is 11.3 Å². The summed E-state index contributed by atoms with van der Waals surface area (Å²) in [4.78, 5) is 35.6. The van der Waals surface area contributed by atoms with E-state index in [0.717, 1.165) is 10.4 Å². The van der Waals surface area contributed by atoms with Crippen molar-refractivity contribution < 1.29 is 4.79 Å². The summed E-state index contributed by atoms with van der Waals surface area (Å²) in [7, 11) is 0. The maximum atomic E-state index is 13.0. The van der Waals surface area contributed by atoms with Gasteiger partial charge in [0.05, 0.1) is 11.1 Å². The molecule has 0 bridgehead atoms. The average molecular weight is 441 g/mol. The molecule has 4 rings (SSSR count). The van der Waals surface area contributed by atoms with Crippen molar-refractivity contribution in [1.82, 2.24) is 14.5 Å². The van der Waals surface area contributed by atoms with Crippen LogP contribution >= 0.6 is 34.4 Å². The Morgan fingerprint density at radius 1 is 1.31 bits per heavy atom. The minimum atomic E-state index is -0.194. The SMILES string of the molecule is C=CCn1c(SCC(=O)Nc2nccs2)nc2sc(-c3ccccc3)cc2c1=O. The number of thiophene rings is 1. The summed E-state index contributed by atoms with van der Waals surface area (Å²) in [5, 5.41) is 6.15. The Morgan fingerprint density at radius 2 is 2.14 bits per heavy atom. The second-order valence-corrected chi connectivity index (χ2v) is 8.84. The summed E-state index contributed by atoms with van der Waals surface area (Å²) in [6, 6.07) is 11.8. The van der Waals surface area contributed by atoms with Gasteiger partial charge in [-0.3, -0.25) is 14.2 Å². The lowest BCUT2D eigenvalue weighted by Crippen LogP contribution is -2.23. The monoisotopic (exact) mass is 440 g/mol. The van der Waals surface area contributed by atoms with Crippen molar-refractivity contribution in [2.24, 2.45) is 0 Å². The predicted octanol–water partition coefficient (Wildman–Crippen LogP) is 4.50. The number of hydrogen-bond donors (Lipinski definition) is 1. The molecule has 0 aliphatic carbocycles. The van der Waals surface area contributed by atoms with Crippen LogP contribution in [0.4, 0.5) is 5.13 Å². The number of nitrogens with zero attached hydrogens (tertiary/aromatic N) is 3. The largest absolute Gasteiger partial charge is 0.301 e. The molecule has 0 saturated heterocycles. The van der Waals surface area contributed by atoms with Crippen LogP contribution in [0.2, 0.25) is 0 Å². The number of fused-ring (bicyclic) bond motifs is 1. The molecule has 0 spiro atoms. The fourth-order valence-electron chi connectivity index (χ4n) is 2.71. The van der Waals surface area contributed by atoms with E-state index in [1.165, 1.54) is 34.4 Å². The van der Waals surface area contributed by atoms with Crippen molar-refractivity contribution in [2.75, 3.05) is 11.1 Å². The number of benzene rings is 1. The molecule has 0 atom stereocenters. The van der Waals surface area contributed by atoms with Gasteiger partial charge in [0.25, 0.3) is 5.56 Å². The third kappa shape index (κ3) is 4.31. The summed E-state index contributed by atoms with van der Waals surface area (Å²) in [5.41, 5.74) is 0.915. The van der Waals surface area contributed by atoms with E-state index in [2.05, 4.69) is 21.9 Å². The fourth-order valence-corrected chi connectivity index (χ4v) is 5.14.